The summed E-state index contributed by atoms with van der Waals surface area (Å²) in [4.78, 5) is 20.0. The minimum Gasteiger partial charge on any atom is -0.508 e. The maximum absolute atomic E-state index is 13.2. The van der Waals surface area contributed by atoms with Gasteiger partial charge in [-0.1, -0.05) is 0 Å². The van der Waals surface area contributed by atoms with Crippen molar-refractivity contribution in [1.29, 1.82) is 0 Å². The van der Waals surface area contributed by atoms with E-state index in [0.29, 0.717) is 30.0 Å². The number of aromatic amines is 1. The lowest BCUT2D eigenvalue weighted by Crippen LogP contribution is -2.53. The Kier molecular flexibility index (Phi) is 4.64. The van der Waals surface area contributed by atoms with E-state index in [0.717, 1.165) is 36.0 Å². The van der Waals surface area contributed by atoms with Crippen LogP contribution in [-0.4, -0.2) is 56.1 Å². The van der Waals surface area contributed by atoms with E-state index < -0.39 is 0 Å². The van der Waals surface area contributed by atoms with E-state index in [9.17, 15) is 9.90 Å². The molecule has 0 amide bonds. The number of Topliss-reactive ketones (excluding diaryl/α,β-unsaturated/α-hetero) is 1. The maximum atomic E-state index is 13.2. The first-order chi connectivity index (χ1) is 13.3. The Morgan fingerprint density at radius 1 is 1.36 bits per heavy atom. The van der Waals surface area contributed by atoms with Crippen molar-refractivity contribution in [3.63, 3.8) is 0 Å². The largest absolute Gasteiger partial charge is 0.508 e. The maximum Gasteiger partial charge on any atom is 0.182 e. The average molecular weight is 379 g/mol. The molecule has 0 aliphatic carbocycles. The Morgan fingerprint density at radius 3 is 2.82 bits per heavy atom. The summed E-state index contributed by atoms with van der Waals surface area (Å²) in [7, 11) is 0. The van der Waals surface area contributed by atoms with Crippen LogP contribution in [0.4, 0.5) is 0 Å². The molecule has 3 aromatic rings. The van der Waals surface area contributed by atoms with Gasteiger partial charge in [-0.15, -0.1) is 0 Å². The number of carbonyl (C=O) groups is 1. The van der Waals surface area contributed by atoms with Crippen molar-refractivity contribution in [2.75, 3.05) is 19.6 Å². The fourth-order valence-electron chi connectivity index (χ4n) is 3.97. The van der Waals surface area contributed by atoms with Crippen LogP contribution in [-0.2, 0) is 0 Å². The number of nitrogens with one attached hydrogen (secondary N) is 1. The predicted octanol–water partition coefficient (Wildman–Crippen LogP) is 2.63. The van der Waals surface area contributed by atoms with Gasteiger partial charge in [-0.2, -0.15) is 5.10 Å². The van der Waals surface area contributed by atoms with Gasteiger partial charge in [0, 0.05) is 28.9 Å². The summed E-state index contributed by atoms with van der Waals surface area (Å²) in [6.07, 6.45) is 1.97. The molecule has 0 saturated carbocycles. The lowest BCUT2D eigenvalue weighted by atomic mass is 9.92. The van der Waals surface area contributed by atoms with Crippen molar-refractivity contribution in [1.82, 2.24) is 20.1 Å². The van der Waals surface area contributed by atoms with E-state index in [4.69, 9.17) is 5.73 Å². The van der Waals surface area contributed by atoms with Crippen LogP contribution in [0.25, 0.3) is 22.3 Å². The molecular weight excluding hydrogens is 354 g/mol. The quantitative estimate of drug-likeness (QED) is 0.602. The van der Waals surface area contributed by atoms with E-state index in [2.05, 4.69) is 20.1 Å². The van der Waals surface area contributed by atoms with Gasteiger partial charge in [0.05, 0.1) is 17.6 Å². The molecule has 1 unspecified atom stereocenters. The third-order valence-corrected chi connectivity index (χ3v) is 5.34. The Bertz CT molecular complexity index is 1020. The van der Waals surface area contributed by atoms with Gasteiger partial charge in [0.15, 0.2) is 11.4 Å². The molecule has 146 valence electrons. The van der Waals surface area contributed by atoms with Gasteiger partial charge in [0.25, 0.3) is 0 Å². The Balaban J connectivity index is 1.71. The van der Waals surface area contributed by atoms with Crippen molar-refractivity contribution < 1.29 is 9.90 Å². The summed E-state index contributed by atoms with van der Waals surface area (Å²) in [6.45, 7) is 5.85. The average Bonchev–Trinajstić information content (AvgIpc) is 3.02. The van der Waals surface area contributed by atoms with Crippen LogP contribution in [0, 0.1) is 6.92 Å². The predicted molar refractivity (Wildman–Crippen MR) is 108 cm³/mol. The Labute approximate surface area is 163 Å². The van der Waals surface area contributed by atoms with E-state index in [-0.39, 0.29) is 17.1 Å². The number of piperidine rings is 1. The monoisotopic (exact) mass is 379 g/mol. The molecule has 4 N–H and O–H groups in total. The molecule has 7 heteroatoms. The molecule has 7 nitrogen and oxygen atoms in total. The van der Waals surface area contributed by atoms with Gasteiger partial charge in [-0.3, -0.25) is 14.8 Å². The van der Waals surface area contributed by atoms with Gasteiger partial charge >= 0.3 is 0 Å². The van der Waals surface area contributed by atoms with Crippen molar-refractivity contribution in [2.45, 2.75) is 32.2 Å². The zero-order chi connectivity index (χ0) is 19.9. The second-order valence-corrected chi connectivity index (χ2v) is 8.04. The summed E-state index contributed by atoms with van der Waals surface area (Å²) < 4.78 is 0. The molecule has 1 fully saturated rings. The molecule has 1 aromatic carbocycles. The number of pyridine rings is 1. The summed E-state index contributed by atoms with van der Waals surface area (Å²) in [6, 6.07) is 8.59. The highest BCUT2D eigenvalue weighted by Gasteiger charge is 2.29. The number of hydrogen-bond donors (Lipinski definition) is 3. The molecule has 1 aliphatic heterocycles. The lowest BCUT2D eigenvalue weighted by Gasteiger charge is -2.37. The molecular formula is C21H25N5O2. The van der Waals surface area contributed by atoms with Crippen molar-refractivity contribution >= 4 is 16.8 Å². The van der Waals surface area contributed by atoms with E-state index in [1.807, 2.05) is 19.9 Å². The number of aromatic hydroxyl groups is 1. The zero-order valence-electron chi connectivity index (χ0n) is 16.2. The zero-order valence-corrected chi connectivity index (χ0v) is 16.2. The van der Waals surface area contributed by atoms with E-state index >= 15 is 0 Å². The first-order valence-corrected chi connectivity index (χ1v) is 9.52. The number of phenols is 1. The Morgan fingerprint density at radius 2 is 2.11 bits per heavy atom. The molecule has 3 heterocycles. The van der Waals surface area contributed by atoms with Crippen molar-refractivity contribution in [2.24, 2.45) is 5.73 Å². The lowest BCUT2D eigenvalue weighted by molar-refractivity contribution is 0.0878. The third-order valence-electron chi connectivity index (χ3n) is 5.34. The van der Waals surface area contributed by atoms with Gasteiger partial charge in [0.1, 0.15) is 5.75 Å². The Hall–Kier alpha value is -2.77. The molecule has 1 saturated heterocycles. The summed E-state index contributed by atoms with van der Waals surface area (Å²) >= 11 is 0. The van der Waals surface area contributed by atoms with E-state index in [1.165, 1.54) is 0 Å². The number of nitrogens with zero attached hydrogens (tertiary/aromatic N) is 3. The molecule has 1 atom stereocenters. The topological polar surface area (TPSA) is 108 Å². The van der Waals surface area contributed by atoms with Crippen LogP contribution < -0.4 is 5.73 Å². The molecule has 1 aliphatic rings. The summed E-state index contributed by atoms with van der Waals surface area (Å²) in [5, 5.41) is 17.5. The van der Waals surface area contributed by atoms with Crippen LogP contribution in [0.5, 0.6) is 5.75 Å². The second-order valence-electron chi connectivity index (χ2n) is 8.04. The molecule has 4 rings (SSSR count). The number of rotatable bonds is 4. The number of benzene rings is 1. The molecule has 28 heavy (non-hydrogen) atoms. The van der Waals surface area contributed by atoms with Crippen LogP contribution in [0.15, 0.2) is 30.3 Å². The first-order valence-electron chi connectivity index (χ1n) is 9.52. The van der Waals surface area contributed by atoms with Crippen LogP contribution in [0.1, 0.15) is 35.8 Å². The summed E-state index contributed by atoms with van der Waals surface area (Å²) in [5.41, 5.74) is 9.48. The number of fused-ring (bicyclic) bond motifs is 1. The first kappa shape index (κ1) is 18.6. The number of ketones is 1. The molecule has 0 bridgehead atoms. The number of likely N-dealkylation sites (tertiary alicyclic amines) is 1. The van der Waals surface area contributed by atoms with Gasteiger partial charge in [-0.25, -0.2) is 4.98 Å². The number of phenolic OH excluding ortho intramolecular Hbond substituents is 1. The number of carbonyl (C=O) groups excluding carboxylic acids is 1. The molecule has 0 spiro atoms. The van der Waals surface area contributed by atoms with Gasteiger partial charge in [0.2, 0.25) is 0 Å². The highest BCUT2D eigenvalue weighted by Crippen LogP contribution is 2.28. The number of nitrogens with two attached hydrogens (primary N) is 1. The summed E-state index contributed by atoms with van der Waals surface area (Å²) in [5.74, 6) is 0.223. The third kappa shape index (κ3) is 3.63. The van der Waals surface area contributed by atoms with E-state index in [1.54, 1.807) is 24.3 Å². The second kappa shape index (κ2) is 7.00. The van der Waals surface area contributed by atoms with Crippen molar-refractivity contribution in [3.8, 4) is 17.0 Å². The minimum atomic E-state index is -0.255. The van der Waals surface area contributed by atoms with Gasteiger partial charge in [-0.05, 0) is 63.6 Å². The molecule has 0 radical (unpaired) electrons. The number of H-pyrrole nitrogens is 1. The minimum absolute atomic E-state index is 0.0367. The fraction of sp³-hybridized carbons (Fsp3) is 0.381. The smallest absolute Gasteiger partial charge is 0.182 e. The van der Waals surface area contributed by atoms with Crippen LogP contribution in [0.2, 0.25) is 0 Å². The standard InChI is InChI=1S/C21H25N5O2/c1-13-19-16(18(28)11-26-9-3-8-21(2,22)12-26)10-17(23-20(19)25-24-13)14-4-6-15(27)7-5-14/h4-7,10,27H,3,8-9,11-12,22H2,1-2H3,(H,23,24,25). The number of hydrogen-bond acceptors (Lipinski definition) is 6. The number of aromatic nitrogens is 3. The van der Waals surface area contributed by atoms with Crippen LogP contribution in [0.3, 0.4) is 0 Å². The highest BCUT2D eigenvalue weighted by atomic mass is 16.3. The van der Waals surface area contributed by atoms with Crippen LogP contribution >= 0.6 is 0 Å². The highest BCUT2D eigenvalue weighted by molar-refractivity contribution is 6.09. The number of aryl methyl sites for hydroxylation is 1. The molecule has 2 aromatic heterocycles. The normalized spacial score (nSPS) is 20.5. The van der Waals surface area contributed by atoms with Gasteiger partial charge < -0.3 is 10.8 Å². The SMILES string of the molecule is Cc1[nH]nc2nc(-c3ccc(O)cc3)cc(C(=O)CN3CCCC(C)(N)C3)c12. The van der Waals surface area contributed by atoms with Crippen molar-refractivity contribution in [3.05, 3.63) is 41.6 Å². The fourth-order valence-corrected chi connectivity index (χ4v) is 3.97.